The van der Waals surface area contributed by atoms with Gasteiger partial charge in [-0.1, -0.05) is 27.5 Å². The van der Waals surface area contributed by atoms with E-state index in [1.54, 1.807) is 0 Å². The molecule has 1 aromatic carbocycles. The third-order valence-corrected chi connectivity index (χ3v) is 2.60. The molecule has 88 valence electrons. The zero-order chi connectivity index (χ0) is 12.5. The molecule has 2 nitrogen and oxygen atoms in total. The van der Waals surface area contributed by atoms with E-state index in [-0.39, 0.29) is 10.9 Å². The molecule has 0 bridgehead atoms. The van der Waals surface area contributed by atoms with Gasteiger partial charge < -0.3 is 5.11 Å². The molecule has 1 aromatic rings. The average Bonchev–Trinajstić information content (AvgIpc) is 2.13. The quantitative estimate of drug-likeness (QED) is 0.668. The first kappa shape index (κ1) is 13.3. The summed E-state index contributed by atoms with van der Waals surface area (Å²) in [4.78, 5) is 11.2. The molecule has 0 spiro atoms. The number of phenols is 1. The van der Waals surface area contributed by atoms with Crippen molar-refractivity contribution in [3.8, 4) is 5.75 Å². The third kappa shape index (κ3) is 2.68. The van der Waals surface area contributed by atoms with Crippen LogP contribution in [0.4, 0.5) is 13.2 Å². The second kappa shape index (κ2) is 4.63. The van der Waals surface area contributed by atoms with Crippen LogP contribution >= 0.6 is 27.5 Å². The van der Waals surface area contributed by atoms with E-state index in [2.05, 4.69) is 15.9 Å². The van der Waals surface area contributed by atoms with Crippen molar-refractivity contribution >= 4 is 33.3 Å². The van der Waals surface area contributed by atoms with Crippen LogP contribution in [0.5, 0.6) is 5.75 Å². The van der Waals surface area contributed by atoms with Crippen LogP contribution in [0.3, 0.4) is 0 Å². The Morgan fingerprint density at radius 3 is 2.38 bits per heavy atom. The second-order valence-electron chi connectivity index (χ2n) is 2.91. The second-order valence-corrected chi connectivity index (χ2v) is 3.87. The molecule has 0 saturated carbocycles. The van der Waals surface area contributed by atoms with E-state index in [4.69, 9.17) is 11.6 Å². The fraction of sp³-hybridized carbons (Fsp3) is 0.222. The zero-order valence-electron chi connectivity index (χ0n) is 7.61. The summed E-state index contributed by atoms with van der Waals surface area (Å²) in [6, 6.07) is 1.63. The summed E-state index contributed by atoms with van der Waals surface area (Å²) in [7, 11) is 0. The van der Waals surface area contributed by atoms with Crippen molar-refractivity contribution in [3.05, 3.63) is 28.3 Å². The van der Waals surface area contributed by atoms with E-state index in [9.17, 15) is 23.1 Å². The van der Waals surface area contributed by atoms with Gasteiger partial charge in [0.05, 0.1) is 10.4 Å². The van der Waals surface area contributed by atoms with Crippen LogP contribution in [0, 0.1) is 0 Å². The van der Waals surface area contributed by atoms with Gasteiger partial charge in [0.2, 0.25) is 0 Å². The van der Waals surface area contributed by atoms with Gasteiger partial charge in [0.25, 0.3) is 0 Å². The fourth-order valence-electron chi connectivity index (χ4n) is 1.11. The Morgan fingerprint density at radius 1 is 1.44 bits per heavy atom. The molecule has 0 radical (unpaired) electrons. The van der Waals surface area contributed by atoms with Crippen LogP contribution in [-0.2, 0) is 6.18 Å². The lowest BCUT2D eigenvalue weighted by Crippen LogP contribution is -2.08. The van der Waals surface area contributed by atoms with Crippen molar-refractivity contribution in [1.82, 2.24) is 0 Å². The van der Waals surface area contributed by atoms with Gasteiger partial charge in [-0.3, -0.25) is 4.79 Å². The molecular formula is C9H5BrClF3O2. The van der Waals surface area contributed by atoms with Crippen LogP contribution in [0.25, 0.3) is 0 Å². The molecule has 1 rings (SSSR count). The smallest absolute Gasteiger partial charge is 0.421 e. The number of benzene rings is 1. The minimum absolute atomic E-state index is 0.0614. The molecule has 16 heavy (non-hydrogen) atoms. The first-order chi connectivity index (χ1) is 7.27. The van der Waals surface area contributed by atoms with Crippen molar-refractivity contribution < 1.29 is 23.1 Å². The molecule has 0 fully saturated rings. The van der Waals surface area contributed by atoms with Crippen LogP contribution in [0.1, 0.15) is 15.9 Å². The number of carbonyl (C=O) groups excluding carboxylic acids is 1. The minimum atomic E-state index is -4.75. The highest BCUT2D eigenvalue weighted by molar-refractivity contribution is 9.09. The summed E-state index contributed by atoms with van der Waals surface area (Å²) >= 11 is 8.23. The van der Waals surface area contributed by atoms with E-state index in [1.807, 2.05) is 0 Å². The van der Waals surface area contributed by atoms with Gasteiger partial charge in [0.1, 0.15) is 11.3 Å². The van der Waals surface area contributed by atoms with E-state index in [0.29, 0.717) is 0 Å². The number of Topliss-reactive ketones (excluding diaryl/α,β-unsaturated/α-hetero) is 1. The monoisotopic (exact) mass is 316 g/mol. The Bertz CT molecular complexity index is 408. The maximum absolute atomic E-state index is 12.4. The van der Waals surface area contributed by atoms with E-state index >= 15 is 0 Å². The topological polar surface area (TPSA) is 37.3 Å². The number of ketones is 1. The molecule has 7 heteroatoms. The normalized spacial score (nSPS) is 11.6. The predicted molar refractivity (Wildman–Crippen MR) is 56.2 cm³/mol. The van der Waals surface area contributed by atoms with Crippen LogP contribution in [0.2, 0.25) is 5.02 Å². The number of alkyl halides is 4. The van der Waals surface area contributed by atoms with E-state index in [1.165, 1.54) is 0 Å². The summed E-state index contributed by atoms with van der Waals surface area (Å²) in [5.74, 6) is -1.52. The number of rotatable bonds is 2. The van der Waals surface area contributed by atoms with Crippen LogP contribution in [-0.4, -0.2) is 16.2 Å². The highest BCUT2D eigenvalue weighted by atomic mass is 79.9. The van der Waals surface area contributed by atoms with Gasteiger partial charge in [-0.15, -0.1) is 0 Å². The Hall–Kier alpha value is -0.750. The van der Waals surface area contributed by atoms with Crippen LogP contribution < -0.4 is 0 Å². The largest absolute Gasteiger partial charge is 0.507 e. The number of hydrogen-bond acceptors (Lipinski definition) is 2. The number of aromatic hydroxyl groups is 1. The lowest BCUT2D eigenvalue weighted by atomic mass is 10.1. The lowest BCUT2D eigenvalue weighted by molar-refractivity contribution is -0.138. The van der Waals surface area contributed by atoms with Crippen molar-refractivity contribution in [2.45, 2.75) is 6.18 Å². The van der Waals surface area contributed by atoms with Gasteiger partial charge in [0, 0.05) is 5.56 Å². The van der Waals surface area contributed by atoms with Gasteiger partial charge in [-0.2, -0.15) is 13.2 Å². The Kier molecular flexibility index (Phi) is 3.85. The number of hydrogen-bond donors (Lipinski definition) is 1. The molecule has 1 N–H and O–H groups in total. The molecule has 0 unspecified atom stereocenters. The summed E-state index contributed by atoms with van der Waals surface area (Å²) in [6.45, 7) is 0. The standard InChI is InChI=1S/C9H5BrClF3O2/c10-3-7(16)4-1-5(11)8(6(15)2-4)9(12,13)14/h1-2,15H,3H2. The van der Waals surface area contributed by atoms with Crippen molar-refractivity contribution in [3.63, 3.8) is 0 Å². The molecule has 0 heterocycles. The summed E-state index contributed by atoms with van der Waals surface area (Å²) in [5.41, 5.74) is -1.41. The summed E-state index contributed by atoms with van der Waals surface area (Å²) in [5, 5.41) is 8.42. The minimum Gasteiger partial charge on any atom is -0.507 e. The number of phenolic OH excluding ortho intramolecular Hbond substituents is 1. The maximum Gasteiger partial charge on any atom is 0.421 e. The molecule has 0 aliphatic carbocycles. The van der Waals surface area contributed by atoms with Gasteiger partial charge in [-0.05, 0) is 12.1 Å². The molecular weight excluding hydrogens is 312 g/mol. The molecule has 0 aromatic heterocycles. The number of carbonyl (C=O) groups is 1. The summed E-state index contributed by atoms with van der Waals surface area (Å²) < 4.78 is 37.2. The lowest BCUT2D eigenvalue weighted by Gasteiger charge is -2.11. The third-order valence-electron chi connectivity index (χ3n) is 1.80. The van der Waals surface area contributed by atoms with Gasteiger partial charge >= 0.3 is 6.18 Å². The first-order valence-corrected chi connectivity index (χ1v) is 5.46. The Labute approximate surface area is 102 Å². The Morgan fingerprint density at radius 2 is 2.00 bits per heavy atom. The molecule has 0 atom stereocenters. The first-order valence-electron chi connectivity index (χ1n) is 3.96. The predicted octanol–water partition coefficient (Wildman–Crippen LogP) is 3.64. The van der Waals surface area contributed by atoms with Crippen molar-refractivity contribution in [1.29, 1.82) is 0 Å². The number of halogens is 5. The highest BCUT2D eigenvalue weighted by Gasteiger charge is 2.37. The van der Waals surface area contributed by atoms with Crippen molar-refractivity contribution in [2.75, 3.05) is 5.33 Å². The SMILES string of the molecule is O=C(CBr)c1cc(O)c(C(F)(F)F)c(Cl)c1. The highest BCUT2D eigenvalue weighted by Crippen LogP contribution is 2.41. The maximum atomic E-state index is 12.4. The Balaban J connectivity index is 3.34. The van der Waals surface area contributed by atoms with Gasteiger partial charge in [-0.25, -0.2) is 0 Å². The van der Waals surface area contributed by atoms with Gasteiger partial charge in [0.15, 0.2) is 5.78 Å². The molecule has 0 aliphatic rings. The fourth-order valence-corrected chi connectivity index (χ4v) is 1.76. The molecule has 0 saturated heterocycles. The molecule has 0 amide bonds. The zero-order valence-corrected chi connectivity index (χ0v) is 9.95. The van der Waals surface area contributed by atoms with Crippen molar-refractivity contribution in [2.24, 2.45) is 0 Å². The van der Waals surface area contributed by atoms with E-state index in [0.717, 1.165) is 12.1 Å². The van der Waals surface area contributed by atoms with E-state index < -0.39 is 28.3 Å². The average molecular weight is 317 g/mol. The summed E-state index contributed by atoms with van der Waals surface area (Å²) in [6.07, 6.45) is -4.75. The van der Waals surface area contributed by atoms with Crippen LogP contribution in [0.15, 0.2) is 12.1 Å². The molecule has 0 aliphatic heterocycles.